The van der Waals surface area contributed by atoms with Gasteiger partial charge in [0.05, 0.1) is 19.2 Å². The van der Waals surface area contributed by atoms with Gasteiger partial charge < -0.3 is 14.8 Å². The first-order valence-electron chi connectivity index (χ1n) is 6.04. The Morgan fingerprint density at radius 2 is 1.95 bits per heavy atom. The predicted molar refractivity (Wildman–Crippen MR) is 86.0 cm³/mol. The molecule has 1 N–H and O–H groups in total. The first-order chi connectivity index (χ1) is 9.65. The number of para-hydroxylation sites is 1. The Balaban J connectivity index is 2.16. The first kappa shape index (κ1) is 15.0. The molecule has 0 radical (unpaired) electrons. The molecule has 0 aliphatic heterocycles. The van der Waals surface area contributed by atoms with Crippen molar-refractivity contribution in [3.05, 3.63) is 51.5 Å². The fourth-order valence-corrected chi connectivity index (χ4v) is 2.39. The molecule has 2 rings (SSSR count). The molecule has 0 atom stereocenters. The molecule has 0 fully saturated rings. The number of anilines is 1. The summed E-state index contributed by atoms with van der Waals surface area (Å²) in [6.07, 6.45) is 0. The van der Waals surface area contributed by atoms with Crippen molar-refractivity contribution in [2.24, 2.45) is 0 Å². The lowest BCUT2D eigenvalue weighted by Gasteiger charge is -2.14. The second-order valence-corrected chi connectivity index (χ2v) is 5.40. The highest BCUT2D eigenvalue weighted by molar-refractivity contribution is 9.10. The van der Waals surface area contributed by atoms with E-state index in [2.05, 4.69) is 21.2 Å². The highest BCUT2D eigenvalue weighted by Crippen LogP contribution is 2.31. The van der Waals surface area contributed by atoms with Crippen molar-refractivity contribution in [2.45, 2.75) is 6.54 Å². The summed E-state index contributed by atoms with van der Waals surface area (Å²) >= 11 is 9.38. The molecule has 0 aromatic heterocycles. The molecule has 5 heteroatoms. The summed E-state index contributed by atoms with van der Waals surface area (Å²) in [6, 6.07) is 11.5. The molecule has 0 unspecified atom stereocenters. The average molecular weight is 357 g/mol. The molecule has 0 amide bonds. The number of methoxy groups -OCH3 is 2. The molecule has 3 nitrogen and oxygen atoms in total. The smallest absolute Gasteiger partial charge is 0.165 e. The van der Waals surface area contributed by atoms with Gasteiger partial charge in [-0.3, -0.25) is 0 Å². The van der Waals surface area contributed by atoms with E-state index in [1.54, 1.807) is 14.2 Å². The number of hydrogen-bond acceptors (Lipinski definition) is 3. The molecule has 20 heavy (non-hydrogen) atoms. The summed E-state index contributed by atoms with van der Waals surface area (Å²) in [4.78, 5) is 0. The molecular weight excluding hydrogens is 342 g/mol. The Kier molecular flexibility index (Phi) is 5.15. The van der Waals surface area contributed by atoms with Crippen LogP contribution in [0.3, 0.4) is 0 Å². The van der Waals surface area contributed by atoms with Crippen LogP contribution < -0.4 is 14.8 Å². The van der Waals surface area contributed by atoms with Crippen LogP contribution in [0.1, 0.15) is 5.56 Å². The monoisotopic (exact) mass is 355 g/mol. The van der Waals surface area contributed by atoms with Gasteiger partial charge in [0.1, 0.15) is 0 Å². The summed E-state index contributed by atoms with van der Waals surface area (Å²) in [7, 11) is 3.27. The lowest BCUT2D eigenvalue weighted by molar-refractivity contribution is 0.352. The SMILES string of the molecule is COc1cccc(CNc2ccc(Cl)c(Br)c2)c1OC. The second-order valence-electron chi connectivity index (χ2n) is 4.14. The van der Waals surface area contributed by atoms with Gasteiger partial charge in [-0.05, 0) is 40.2 Å². The molecule has 0 spiro atoms. The van der Waals surface area contributed by atoms with E-state index in [9.17, 15) is 0 Å². The van der Waals surface area contributed by atoms with Crippen LogP contribution in [0.5, 0.6) is 11.5 Å². The van der Waals surface area contributed by atoms with Crippen LogP contribution in [0, 0.1) is 0 Å². The normalized spacial score (nSPS) is 10.2. The minimum absolute atomic E-state index is 0.633. The van der Waals surface area contributed by atoms with Crippen LogP contribution in [0.15, 0.2) is 40.9 Å². The topological polar surface area (TPSA) is 30.5 Å². The molecule has 2 aromatic carbocycles. The molecule has 0 aliphatic rings. The van der Waals surface area contributed by atoms with Gasteiger partial charge >= 0.3 is 0 Å². The lowest BCUT2D eigenvalue weighted by atomic mass is 10.1. The second kappa shape index (κ2) is 6.86. The van der Waals surface area contributed by atoms with E-state index < -0.39 is 0 Å². The maximum atomic E-state index is 5.97. The number of rotatable bonds is 5. The standard InChI is InChI=1S/C15H15BrClNO2/c1-19-14-5-3-4-10(15(14)20-2)9-18-11-6-7-13(17)12(16)8-11/h3-8,18H,9H2,1-2H3. The van der Waals surface area contributed by atoms with Gasteiger partial charge in [-0.1, -0.05) is 23.7 Å². The van der Waals surface area contributed by atoms with Crippen LogP contribution in [-0.2, 0) is 6.54 Å². The summed E-state index contributed by atoms with van der Waals surface area (Å²) in [5.74, 6) is 1.47. The molecular formula is C15H15BrClNO2. The Labute approximate surface area is 132 Å². The van der Waals surface area contributed by atoms with Crippen LogP contribution in [-0.4, -0.2) is 14.2 Å². The van der Waals surface area contributed by atoms with Crippen molar-refractivity contribution in [1.82, 2.24) is 0 Å². The first-order valence-corrected chi connectivity index (χ1v) is 7.21. The fraction of sp³-hybridized carbons (Fsp3) is 0.200. The number of benzene rings is 2. The van der Waals surface area contributed by atoms with Crippen molar-refractivity contribution in [3.8, 4) is 11.5 Å². The highest BCUT2D eigenvalue weighted by atomic mass is 79.9. The summed E-state index contributed by atoms with van der Waals surface area (Å²) < 4.78 is 11.6. The van der Waals surface area contributed by atoms with Gasteiger partial charge in [0.15, 0.2) is 11.5 Å². The van der Waals surface area contributed by atoms with E-state index in [1.165, 1.54) is 0 Å². The molecule has 0 bridgehead atoms. The van der Waals surface area contributed by atoms with Crippen LogP contribution in [0.2, 0.25) is 5.02 Å². The predicted octanol–water partition coefficient (Wildman–Crippen LogP) is 4.73. The molecule has 0 aliphatic carbocycles. The van der Waals surface area contributed by atoms with Crippen molar-refractivity contribution < 1.29 is 9.47 Å². The van der Waals surface area contributed by atoms with E-state index in [0.717, 1.165) is 27.2 Å². The van der Waals surface area contributed by atoms with E-state index in [4.69, 9.17) is 21.1 Å². The zero-order valence-electron chi connectivity index (χ0n) is 11.2. The number of ether oxygens (including phenoxy) is 2. The largest absolute Gasteiger partial charge is 0.493 e. The number of nitrogens with one attached hydrogen (secondary N) is 1. The van der Waals surface area contributed by atoms with Crippen molar-refractivity contribution in [3.63, 3.8) is 0 Å². The summed E-state index contributed by atoms with van der Waals surface area (Å²) in [5, 5.41) is 4.02. The summed E-state index contributed by atoms with van der Waals surface area (Å²) in [5.41, 5.74) is 2.00. The van der Waals surface area contributed by atoms with Crippen molar-refractivity contribution >= 4 is 33.2 Å². The third-order valence-corrected chi connectivity index (χ3v) is 4.10. The molecule has 106 valence electrons. The number of halogens is 2. The van der Waals surface area contributed by atoms with Crippen molar-refractivity contribution in [1.29, 1.82) is 0 Å². The van der Waals surface area contributed by atoms with E-state index in [1.807, 2.05) is 36.4 Å². The zero-order valence-corrected chi connectivity index (χ0v) is 13.6. The Hall–Kier alpha value is -1.39. The van der Waals surface area contributed by atoms with E-state index in [0.29, 0.717) is 11.6 Å². The van der Waals surface area contributed by atoms with Gasteiger partial charge in [0.25, 0.3) is 0 Å². The van der Waals surface area contributed by atoms with Crippen LogP contribution >= 0.6 is 27.5 Å². The Morgan fingerprint density at radius 3 is 2.60 bits per heavy atom. The van der Waals surface area contributed by atoms with Gasteiger partial charge in [0, 0.05) is 22.3 Å². The third kappa shape index (κ3) is 3.38. The maximum absolute atomic E-state index is 5.97. The Morgan fingerprint density at radius 1 is 1.15 bits per heavy atom. The molecule has 0 heterocycles. The zero-order chi connectivity index (χ0) is 14.5. The minimum Gasteiger partial charge on any atom is -0.493 e. The maximum Gasteiger partial charge on any atom is 0.165 e. The van der Waals surface area contributed by atoms with E-state index in [-0.39, 0.29) is 0 Å². The van der Waals surface area contributed by atoms with Gasteiger partial charge in [-0.25, -0.2) is 0 Å². The van der Waals surface area contributed by atoms with Gasteiger partial charge in [-0.2, -0.15) is 0 Å². The summed E-state index contributed by atoms with van der Waals surface area (Å²) in [6.45, 7) is 0.633. The van der Waals surface area contributed by atoms with E-state index >= 15 is 0 Å². The molecule has 2 aromatic rings. The van der Waals surface area contributed by atoms with Crippen molar-refractivity contribution in [2.75, 3.05) is 19.5 Å². The fourth-order valence-electron chi connectivity index (χ4n) is 1.90. The quantitative estimate of drug-likeness (QED) is 0.840. The van der Waals surface area contributed by atoms with Crippen LogP contribution in [0.25, 0.3) is 0 Å². The Bertz CT molecular complexity index is 604. The molecule has 0 saturated carbocycles. The number of hydrogen-bond donors (Lipinski definition) is 1. The lowest BCUT2D eigenvalue weighted by Crippen LogP contribution is -2.03. The van der Waals surface area contributed by atoms with Crippen LogP contribution in [0.4, 0.5) is 5.69 Å². The molecule has 0 saturated heterocycles. The average Bonchev–Trinajstić information content (AvgIpc) is 2.47. The highest BCUT2D eigenvalue weighted by Gasteiger charge is 2.09. The minimum atomic E-state index is 0.633. The third-order valence-electron chi connectivity index (χ3n) is 2.89. The van der Waals surface area contributed by atoms with Gasteiger partial charge in [0.2, 0.25) is 0 Å². The van der Waals surface area contributed by atoms with Gasteiger partial charge in [-0.15, -0.1) is 0 Å².